The van der Waals surface area contributed by atoms with Crippen molar-refractivity contribution in [3.8, 4) is 5.75 Å². The first-order chi connectivity index (χ1) is 8.26. The van der Waals surface area contributed by atoms with E-state index in [4.69, 9.17) is 4.74 Å². The molecule has 0 saturated heterocycles. The normalized spacial score (nSPS) is 10.5. The lowest BCUT2D eigenvalue weighted by molar-refractivity contribution is 0.417. The molecule has 1 N–H and O–H groups in total. The van der Waals surface area contributed by atoms with Gasteiger partial charge in [0.05, 0.1) is 12.8 Å². The maximum Gasteiger partial charge on any atom is 0.142 e. The van der Waals surface area contributed by atoms with Crippen molar-refractivity contribution in [3.05, 3.63) is 34.8 Å². The van der Waals surface area contributed by atoms with E-state index < -0.39 is 0 Å². The number of benzene rings is 2. The summed E-state index contributed by atoms with van der Waals surface area (Å²) in [6.07, 6.45) is 1.09. The molecule has 0 atom stereocenters. The Balaban J connectivity index is 2.57. The van der Waals surface area contributed by atoms with Crippen molar-refractivity contribution in [3.63, 3.8) is 0 Å². The lowest BCUT2D eigenvalue weighted by atomic mass is 10.1. The second-order valence-corrected chi connectivity index (χ2v) is 4.85. The van der Waals surface area contributed by atoms with E-state index in [0.717, 1.165) is 28.9 Å². The molecule has 0 spiro atoms. The van der Waals surface area contributed by atoms with Gasteiger partial charge in [-0.3, -0.25) is 0 Å². The van der Waals surface area contributed by atoms with Crippen molar-refractivity contribution in [2.75, 3.05) is 19.0 Å². The lowest BCUT2D eigenvalue weighted by Gasteiger charge is -2.13. The molecule has 0 radical (unpaired) electrons. The predicted octanol–water partition coefficient (Wildman–Crippen LogP) is 4.43. The van der Waals surface area contributed by atoms with E-state index in [-0.39, 0.29) is 0 Å². The molecule has 2 aromatic carbocycles. The van der Waals surface area contributed by atoms with Crippen molar-refractivity contribution in [2.45, 2.75) is 13.3 Å². The quantitative estimate of drug-likeness (QED) is 0.900. The largest absolute Gasteiger partial charge is 0.495 e. The first-order valence-electron chi connectivity index (χ1n) is 5.76. The number of anilines is 1. The van der Waals surface area contributed by atoms with Gasteiger partial charge in [-0.15, -0.1) is 0 Å². The predicted molar refractivity (Wildman–Crippen MR) is 77.0 cm³/mol. The van der Waals surface area contributed by atoms with E-state index in [1.54, 1.807) is 7.11 Å². The van der Waals surface area contributed by atoms with Crippen LogP contribution in [0.1, 0.15) is 13.3 Å². The molecule has 2 nitrogen and oxygen atoms in total. The Hall–Kier alpha value is -1.22. The standard InChI is InChI=1S/C14H16BrNO/c1-3-8-16-14-12-6-5-11(15)9-10(12)4-7-13(14)17-2/h4-7,9,16H,3,8H2,1-2H3. The summed E-state index contributed by atoms with van der Waals surface area (Å²) in [4.78, 5) is 0. The van der Waals surface area contributed by atoms with Crippen molar-refractivity contribution >= 4 is 32.4 Å². The number of hydrogen-bond acceptors (Lipinski definition) is 2. The minimum Gasteiger partial charge on any atom is -0.495 e. The number of halogens is 1. The van der Waals surface area contributed by atoms with Crippen LogP contribution >= 0.6 is 15.9 Å². The molecular formula is C14H16BrNO. The van der Waals surface area contributed by atoms with Gasteiger partial charge >= 0.3 is 0 Å². The summed E-state index contributed by atoms with van der Waals surface area (Å²) < 4.78 is 6.50. The molecule has 0 aliphatic carbocycles. The highest BCUT2D eigenvalue weighted by Gasteiger charge is 2.07. The highest BCUT2D eigenvalue weighted by Crippen LogP contribution is 2.34. The molecule has 2 rings (SSSR count). The summed E-state index contributed by atoms with van der Waals surface area (Å²) in [7, 11) is 1.71. The average Bonchev–Trinajstić information content (AvgIpc) is 2.35. The van der Waals surface area contributed by atoms with Crippen molar-refractivity contribution in [2.24, 2.45) is 0 Å². The molecule has 2 aromatic rings. The molecule has 0 aliphatic heterocycles. The summed E-state index contributed by atoms with van der Waals surface area (Å²) in [5.41, 5.74) is 1.08. The van der Waals surface area contributed by atoms with Crippen LogP contribution in [-0.4, -0.2) is 13.7 Å². The number of hydrogen-bond donors (Lipinski definition) is 1. The molecule has 17 heavy (non-hydrogen) atoms. The van der Waals surface area contributed by atoms with Gasteiger partial charge in [0.25, 0.3) is 0 Å². The number of rotatable bonds is 4. The van der Waals surface area contributed by atoms with Crippen molar-refractivity contribution < 1.29 is 4.74 Å². The fourth-order valence-corrected chi connectivity index (χ4v) is 2.26. The van der Waals surface area contributed by atoms with Gasteiger partial charge in [-0.2, -0.15) is 0 Å². The van der Waals surface area contributed by atoms with Gasteiger partial charge in [0, 0.05) is 16.4 Å². The number of ether oxygens (including phenoxy) is 1. The molecule has 0 fully saturated rings. The van der Waals surface area contributed by atoms with Gasteiger partial charge in [-0.05, 0) is 30.0 Å². The molecular weight excluding hydrogens is 278 g/mol. The van der Waals surface area contributed by atoms with Crippen LogP contribution in [0.2, 0.25) is 0 Å². The van der Waals surface area contributed by atoms with Gasteiger partial charge in [0.15, 0.2) is 0 Å². The van der Waals surface area contributed by atoms with Crippen LogP contribution in [0.25, 0.3) is 10.8 Å². The van der Waals surface area contributed by atoms with Crippen LogP contribution in [-0.2, 0) is 0 Å². The molecule has 0 aliphatic rings. The molecule has 0 amide bonds. The number of nitrogens with one attached hydrogen (secondary N) is 1. The average molecular weight is 294 g/mol. The summed E-state index contributed by atoms with van der Waals surface area (Å²) in [6.45, 7) is 3.10. The Bertz CT molecular complexity index is 525. The van der Waals surface area contributed by atoms with Crippen LogP contribution in [0, 0.1) is 0 Å². The Labute approximate surface area is 110 Å². The van der Waals surface area contributed by atoms with Crippen molar-refractivity contribution in [1.82, 2.24) is 0 Å². The van der Waals surface area contributed by atoms with E-state index in [1.807, 2.05) is 6.07 Å². The Morgan fingerprint density at radius 2 is 2.06 bits per heavy atom. The van der Waals surface area contributed by atoms with Gasteiger partial charge < -0.3 is 10.1 Å². The first kappa shape index (κ1) is 12.2. The van der Waals surface area contributed by atoms with E-state index in [2.05, 4.69) is 52.4 Å². The first-order valence-corrected chi connectivity index (χ1v) is 6.55. The fourth-order valence-electron chi connectivity index (χ4n) is 1.88. The zero-order chi connectivity index (χ0) is 12.3. The SMILES string of the molecule is CCCNc1c(OC)ccc2cc(Br)ccc12. The Kier molecular flexibility index (Phi) is 3.89. The van der Waals surface area contributed by atoms with E-state index in [1.165, 1.54) is 10.8 Å². The van der Waals surface area contributed by atoms with E-state index in [0.29, 0.717) is 0 Å². The lowest BCUT2D eigenvalue weighted by Crippen LogP contribution is -2.02. The summed E-state index contributed by atoms with van der Waals surface area (Å²) >= 11 is 3.49. The molecule has 0 aromatic heterocycles. The van der Waals surface area contributed by atoms with Crippen LogP contribution in [0.3, 0.4) is 0 Å². The molecule has 0 unspecified atom stereocenters. The summed E-state index contributed by atoms with van der Waals surface area (Å²) in [5, 5.41) is 5.84. The Morgan fingerprint density at radius 1 is 1.24 bits per heavy atom. The summed E-state index contributed by atoms with van der Waals surface area (Å²) in [6, 6.07) is 10.4. The third kappa shape index (κ3) is 2.55. The minimum atomic E-state index is 0.897. The van der Waals surface area contributed by atoms with Crippen LogP contribution in [0.15, 0.2) is 34.8 Å². The molecule has 0 heterocycles. The smallest absolute Gasteiger partial charge is 0.142 e. The topological polar surface area (TPSA) is 21.3 Å². The maximum atomic E-state index is 5.41. The van der Waals surface area contributed by atoms with Gasteiger partial charge in [0.1, 0.15) is 5.75 Å². The van der Waals surface area contributed by atoms with E-state index in [9.17, 15) is 0 Å². The highest BCUT2D eigenvalue weighted by molar-refractivity contribution is 9.10. The maximum absolute atomic E-state index is 5.41. The molecule has 3 heteroatoms. The number of methoxy groups -OCH3 is 1. The second kappa shape index (κ2) is 5.41. The monoisotopic (exact) mass is 293 g/mol. The highest BCUT2D eigenvalue weighted by atomic mass is 79.9. The van der Waals surface area contributed by atoms with Crippen LogP contribution in [0.5, 0.6) is 5.75 Å². The van der Waals surface area contributed by atoms with E-state index >= 15 is 0 Å². The van der Waals surface area contributed by atoms with Crippen LogP contribution in [0.4, 0.5) is 5.69 Å². The Morgan fingerprint density at radius 3 is 2.76 bits per heavy atom. The third-order valence-corrected chi connectivity index (χ3v) is 3.21. The van der Waals surface area contributed by atoms with Crippen molar-refractivity contribution in [1.29, 1.82) is 0 Å². The van der Waals surface area contributed by atoms with Gasteiger partial charge in [-0.25, -0.2) is 0 Å². The third-order valence-electron chi connectivity index (χ3n) is 2.72. The van der Waals surface area contributed by atoms with Gasteiger partial charge in [0.2, 0.25) is 0 Å². The van der Waals surface area contributed by atoms with Crippen LogP contribution < -0.4 is 10.1 Å². The number of fused-ring (bicyclic) bond motifs is 1. The molecule has 0 saturated carbocycles. The van der Waals surface area contributed by atoms with Gasteiger partial charge in [-0.1, -0.05) is 35.0 Å². The molecule has 0 bridgehead atoms. The second-order valence-electron chi connectivity index (χ2n) is 3.94. The summed E-state index contributed by atoms with van der Waals surface area (Å²) in [5.74, 6) is 0.897. The minimum absolute atomic E-state index is 0.897. The fraction of sp³-hybridized carbons (Fsp3) is 0.286. The molecule has 90 valence electrons. The zero-order valence-corrected chi connectivity index (χ0v) is 11.7. The zero-order valence-electron chi connectivity index (χ0n) is 10.1.